The fourth-order valence-corrected chi connectivity index (χ4v) is 1.97. The number of amides is 1. The molecule has 86 valence electrons. The van der Waals surface area contributed by atoms with Crippen LogP contribution in [0.2, 0.25) is 5.02 Å². The molecule has 0 spiro atoms. The number of hydrogen-bond acceptors (Lipinski definition) is 2. The normalized spacial score (nSPS) is 18.1. The number of nitrogens with zero attached hydrogens (tertiary/aromatic N) is 1. The smallest absolute Gasteiger partial charge is 0.227 e. The Balaban J connectivity index is 1.91. The summed E-state index contributed by atoms with van der Waals surface area (Å²) in [5.74, 6) is 0.0499. The largest absolute Gasteiger partial charge is 0.386 e. The Hall–Kier alpha value is -1.06. The van der Waals surface area contributed by atoms with E-state index < -0.39 is 5.60 Å². The molecule has 0 saturated carbocycles. The molecule has 1 aromatic carbocycles. The van der Waals surface area contributed by atoms with Gasteiger partial charge >= 0.3 is 0 Å². The number of carbonyl (C=O) groups excluding carboxylic acids is 1. The second-order valence-electron chi connectivity index (χ2n) is 4.55. The zero-order valence-corrected chi connectivity index (χ0v) is 9.87. The minimum absolute atomic E-state index is 0.0499. The Bertz CT molecular complexity index is 392. The highest BCUT2D eigenvalue weighted by Crippen LogP contribution is 2.21. The van der Waals surface area contributed by atoms with Gasteiger partial charge < -0.3 is 10.0 Å². The third kappa shape index (κ3) is 2.54. The lowest BCUT2D eigenvalue weighted by molar-refractivity contribution is -0.151. The first-order valence-corrected chi connectivity index (χ1v) is 5.59. The highest BCUT2D eigenvalue weighted by atomic mass is 35.5. The van der Waals surface area contributed by atoms with E-state index in [4.69, 9.17) is 11.6 Å². The SMILES string of the molecule is CC1(O)CN(C(=O)Cc2ccc(Cl)cc2)C1. The van der Waals surface area contributed by atoms with E-state index in [9.17, 15) is 9.90 Å². The van der Waals surface area contributed by atoms with Crippen molar-refractivity contribution in [2.75, 3.05) is 13.1 Å². The third-order valence-electron chi connectivity index (χ3n) is 2.68. The first-order chi connectivity index (χ1) is 7.46. The number of hydrogen-bond donors (Lipinski definition) is 1. The summed E-state index contributed by atoms with van der Waals surface area (Å²) in [6.45, 7) is 2.60. The summed E-state index contributed by atoms with van der Waals surface area (Å²) in [7, 11) is 0. The Morgan fingerprint density at radius 1 is 1.44 bits per heavy atom. The van der Waals surface area contributed by atoms with Gasteiger partial charge in [-0.25, -0.2) is 0 Å². The summed E-state index contributed by atoms with van der Waals surface area (Å²) < 4.78 is 0. The van der Waals surface area contributed by atoms with Gasteiger partial charge in [-0.3, -0.25) is 4.79 Å². The van der Waals surface area contributed by atoms with Gasteiger partial charge in [0.2, 0.25) is 5.91 Å². The maximum Gasteiger partial charge on any atom is 0.227 e. The molecule has 1 aliphatic heterocycles. The fraction of sp³-hybridized carbons (Fsp3) is 0.417. The van der Waals surface area contributed by atoms with E-state index in [1.54, 1.807) is 24.0 Å². The summed E-state index contributed by atoms with van der Waals surface area (Å²) in [4.78, 5) is 13.4. The Morgan fingerprint density at radius 3 is 2.50 bits per heavy atom. The molecular formula is C12H14ClNO2. The van der Waals surface area contributed by atoms with Crippen LogP contribution in [0.4, 0.5) is 0 Å². The van der Waals surface area contributed by atoms with Crippen LogP contribution in [0.15, 0.2) is 24.3 Å². The molecule has 4 heteroatoms. The monoisotopic (exact) mass is 239 g/mol. The molecule has 1 saturated heterocycles. The molecular weight excluding hydrogens is 226 g/mol. The van der Waals surface area contributed by atoms with Gasteiger partial charge in [0.1, 0.15) is 0 Å². The lowest BCUT2D eigenvalue weighted by Gasteiger charge is -2.44. The summed E-state index contributed by atoms with van der Waals surface area (Å²) in [5.41, 5.74) is 0.247. The zero-order valence-electron chi connectivity index (χ0n) is 9.11. The molecule has 3 nitrogen and oxygen atoms in total. The van der Waals surface area contributed by atoms with Crippen LogP contribution in [0.25, 0.3) is 0 Å². The second kappa shape index (κ2) is 4.07. The van der Waals surface area contributed by atoms with E-state index in [0.29, 0.717) is 24.5 Å². The van der Waals surface area contributed by atoms with Crippen LogP contribution < -0.4 is 0 Å². The summed E-state index contributed by atoms with van der Waals surface area (Å²) in [6.07, 6.45) is 0.368. The molecule has 1 fully saturated rings. The van der Waals surface area contributed by atoms with Crippen LogP contribution >= 0.6 is 11.6 Å². The molecule has 0 bridgehead atoms. The summed E-state index contributed by atoms with van der Waals surface area (Å²) in [6, 6.07) is 7.24. The highest BCUT2D eigenvalue weighted by Gasteiger charge is 2.38. The van der Waals surface area contributed by atoms with Crippen molar-refractivity contribution in [1.29, 1.82) is 0 Å². The molecule has 0 radical (unpaired) electrons. The van der Waals surface area contributed by atoms with E-state index in [2.05, 4.69) is 0 Å². The molecule has 1 heterocycles. The topological polar surface area (TPSA) is 40.5 Å². The Morgan fingerprint density at radius 2 is 2.00 bits per heavy atom. The molecule has 0 atom stereocenters. The van der Waals surface area contributed by atoms with Crippen molar-refractivity contribution in [2.24, 2.45) is 0 Å². The number of halogens is 1. The average molecular weight is 240 g/mol. The van der Waals surface area contributed by atoms with Gasteiger partial charge in [0.15, 0.2) is 0 Å². The molecule has 1 N–H and O–H groups in total. The standard InChI is InChI=1S/C12H14ClNO2/c1-12(16)7-14(8-12)11(15)6-9-2-4-10(13)5-3-9/h2-5,16H,6-8H2,1H3. The van der Waals surface area contributed by atoms with Crippen LogP contribution in [0.3, 0.4) is 0 Å². The van der Waals surface area contributed by atoms with Crippen molar-refractivity contribution in [2.45, 2.75) is 18.9 Å². The highest BCUT2D eigenvalue weighted by molar-refractivity contribution is 6.30. The van der Waals surface area contributed by atoms with Gasteiger partial charge in [-0.05, 0) is 24.6 Å². The molecule has 0 aliphatic carbocycles. The van der Waals surface area contributed by atoms with Crippen LogP contribution in [-0.4, -0.2) is 34.6 Å². The predicted octanol–water partition coefficient (Wildman–Crippen LogP) is 1.48. The number of aliphatic hydroxyl groups is 1. The first-order valence-electron chi connectivity index (χ1n) is 5.21. The van der Waals surface area contributed by atoms with Crippen molar-refractivity contribution in [1.82, 2.24) is 4.90 Å². The minimum atomic E-state index is -0.699. The van der Waals surface area contributed by atoms with Crippen LogP contribution in [0, 0.1) is 0 Å². The zero-order chi connectivity index (χ0) is 11.8. The van der Waals surface area contributed by atoms with Crippen molar-refractivity contribution < 1.29 is 9.90 Å². The maximum atomic E-state index is 11.7. The van der Waals surface area contributed by atoms with E-state index in [1.165, 1.54) is 0 Å². The van der Waals surface area contributed by atoms with E-state index in [-0.39, 0.29) is 5.91 Å². The first kappa shape index (κ1) is 11.4. The Kier molecular flexibility index (Phi) is 2.91. The molecule has 0 aromatic heterocycles. The lowest BCUT2D eigenvalue weighted by atomic mass is 9.96. The van der Waals surface area contributed by atoms with Crippen molar-refractivity contribution in [3.63, 3.8) is 0 Å². The quantitative estimate of drug-likeness (QED) is 0.849. The van der Waals surface area contributed by atoms with Gasteiger partial charge in [0.25, 0.3) is 0 Å². The third-order valence-corrected chi connectivity index (χ3v) is 2.94. The molecule has 0 unspecified atom stereocenters. The van der Waals surface area contributed by atoms with Crippen LogP contribution in [0.1, 0.15) is 12.5 Å². The number of likely N-dealkylation sites (tertiary alicyclic amines) is 1. The fourth-order valence-electron chi connectivity index (χ4n) is 1.84. The minimum Gasteiger partial charge on any atom is -0.386 e. The summed E-state index contributed by atoms with van der Waals surface area (Å²) in [5, 5.41) is 10.2. The van der Waals surface area contributed by atoms with Crippen molar-refractivity contribution in [3.8, 4) is 0 Å². The Labute approximate surface area is 99.6 Å². The molecule has 1 amide bonds. The van der Waals surface area contributed by atoms with Crippen LogP contribution in [-0.2, 0) is 11.2 Å². The average Bonchev–Trinajstić information content (AvgIpc) is 2.18. The lowest BCUT2D eigenvalue weighted by Crippen LogP contribution is -2.62. The number of rotatable bonds is 2. The van der Waals surface area contributed by atoms with Gasteiger partial charge in [-0.2, -0.15) is 0 Å². The molecule has 1 aromatic rings. The molecule has 2 rings (SSSR count). The van der Waals surface area contributed by atoms with Crippen molar-refractivity contribution >= 4 is 17.5 Å². The number of carbonyl (C=O) groups is 1. The van der Waals surface area contributed by atoms with Gasteiger partial charge in [0, 0.05) is 5.02 Å². The molecule has 1 aliphatic rings. The van der Waals surface area contributed by atoms with Crippen LogP contribution in [0.5, 0.6) is 0 Å². The summed E-state index contributed by atoms with van der Waals surface area (Å²) >= 11 is 5.76. The van der Waals surface area contributed by atoms with Gasteiger partial charge in [-0.1, -0.05) is 23.7 Å². The number of β-amino-alcohol motifs (C(OH)–C–C–N with tert-alkyl or cyclic N) is 1. The maximum absolute atomic E-state index is 11.7. The predicted molar refractivity (Wildman–Crippen MR) is 62.4 cm³/mol. The van der Waals surface area contributed by atoms with E-state index in [0.717, 1.165) is 5.56 Å². The van der Waals surface area contributed by atoms with Gasteiger partial charge in [-0.15, -0.1) is 0 Å². The second-order valence-corrected chi connectivity index (χ2v) is 4.99. The van der Waals surface area contributed by atoms with E-state index in [1.807, 2.05) is 12.1 Å². The number of benzene rings is 1. The molecule has 16 heavy (non-hydrogen) atoms. The van der Waals surface area contributed by atoms with Gasteiger partial charge in [0.05, 0.1) is 25.1 Å². The van der Waals surface area contributed by atoms with Crippen molar-refractivity contribution in [3.05, 3.63) is 34.9 Å². The van der Waals surface area contributed by atoms with E-state index >= 15 is 0 Å².